The van der Waals surface area contributed by atoms with Gasteiger partial charge in [-0.25, -0.2) is 4.39 Å². The van der Waals surface area contributed by atoms with Crippen LogP contribution in [0, 0.1) is 28.7 Å². The van der Waals surface area contributed by atoms with Crippen LogP contribution in [0.3, 0.4) is 0 Å². The molecule has 0 saturated carbocycles. The fourth-order valence-electron chi connectivity index (χ4n) is 1.72. The maximum atomic E-state index is 13.5. The fraction of sp³-hybridized carbons (Fsp3) is 0.0714. The van der Waals surface area contributed by atoms with Gasteiger partial charge in [0.15, 0.2) is 0 Å². The van der Waals surface area contributed by atoms with E-state index in [4.69, 9.17) is 0 Å². The molecule has 0 bridgehead atoms. The number of nitrogens with zero attached hydrogens (tertiary/aromatic N) is 1. The van der Waals surface area contributed by atoms with E-state index >= 15 is 0 Å². The Balaban J connectivity index is 2.30. The molecule has 0 heterocycles. The van der Waals surface area contributed by atoms with Gasteiger partial charge in [0.25, 0.3) is 5.91 Å². The Bertz CT molecular complexity index is 732. The molecule has 108 valence electrons. The molecule has 2 aromatic rings. The van der Waals surface area contributed by atoms with Crippen LogP contribution in [0.1, 0.15) is 15.9 Å². The van der Waals surface area contributed by atoms with Gasteiger partial charge in [-0.2, -0.15) is 4.39 Å². The number of nitrogens with one attached hydrogen (secondary N) is 1. The molecular weight excluding hydrogens is 282 g/mol. The summed E-state index contributed by atoms with van der Waals surface area (Å²) in [6, 6.07) is 6.86. The molecule has 0 atom stereocenters. The van der Waals surface area contributed by atoms with E-state index in [-0.39, 0.29) is 11.3 Å². The van der Waals surface area contributed by atoms with Gasteiger partial charge in [0.2, 0.25) is 5.82 Å². The Morgan fingerprint density at radius 2 is 1.81 bits per heavy atom. The lowest BCUT2D eigenvalue weighted by Gasteiger charge is -2.07. The average Bonchev–Trinajstić information content (AvgIpc) is 2.43. The third-order valence-electron chi connectivity index (χ3n) is 2.78. The highest BCUT2D eigenvalue weighted by atomic mass is 19.1. The predicted octanol–water partition coefficient (Wildman–Crippen LogP) is 3.43. The third-order valence-corrected chi connectivity index (χ3v) is 2.78. The second-order valence-corrected chi connectivity index (χ2v) is 4.36. The first-order valence-electron chi connectivity index (χ1n) is 5.90. The van der Waals surface area contributed by atoms with E-state index in [1.54, 1.807) is 6.92 Å². The van der Waals surface area contributed by atoms with Crippen LogP contribution in [0.5, 0.6) is 0 Å². The monoisotopic (exact) mass is 292 g/mol. The number of halogens is 2. The van der Waals surface area contributed by atoms with Gasteiger partial charge in [-0.1, -0.05) is 6.07 Å². The second-order valence-electron chi connectivity index (χ2n) is 4.36. The van der Waals surface area contributed by atoms with Crippen molar-refractivity contribution < 1.29 is 18.5 Å². The maximum Gasteiger partial charge on any atom is 0.305 e. The van der Waals surface area contributed by atoms with Crippen molar-refractivity contribution in [2.45, 2.75) is 6.92 Å². The number of carbonyl (C=O) groups excluding carboxylic acids is 1. The number of nitro groups is 1. The van der Waals surface area contributed by atoms with Gasteiger partial charge in [0.1, 0.15) is 5.82 Å². The van der Waals surface area contributed by atoms with Gasteiger partial charge in [-0.15, -0.1) is 0 Å². The van der Waals surface area contributed by atoms with Gasteiger partial charge in [0.05, 0.1) is 10.6 Å². The maximum absolute atomic E-state index is 13.5. The van der Waals surface area contributed by atoms with Crippen LogP contribution in [0.15, 0.2) is 36.4 Å². The van der Waals surface area contributed by atoms with Crippen LogP contribution in [0.2, 0.25) is 0 Å². The average molecular weight is 292 g/mol. The molecule has 2 aromatic carbocycles. The van der Waals surface area contributed by atoms with Crippen molar-refractivity contribution >= 4 is 17.3 Å². The summed E-state index contributed by atoms with van der Waals surface area (Å²) in [6.45, 7) is 1.72. The Hall–Kier alpha value is -2.83. The van der Waals surface area contributed by atoms with Gasteiger partial charge >= 0.3 is 5.69 Å². The molecule has 21 heavy (non-hydrogen) atoms. The molecule has 0 fully saturated rings. The van der Waals surface area contributed by atoms with E-state index in [1.165, 1.54) is 18.2 Å². The van der Waals surface area contributed by atoms with E-state index in [1.807, 2.05) is 0 Å². The number of hydrogen-bond acceptors (Lipinski definition) is 3. The van der Waals surface area contributed by atoms with Crippen molar-refractivity contribution in [1.82, 2.24) is 0 Å². The summed E-state index contributed by atoms with van der Waals surface area (Å²) in [4.78, 5) is 21.6. The highest BCUT2D eigenvalue weighted by Crippen LogP contribution is 2.21. The summed E-state index contributed by atoms with van der Waals surface area (Å²) in [5.41, 5.74) is -0.264. The number of anilines is 1. The van der Waals surface area contributed by atoms with Crippen LogP contribution < -0.4 is 5.32 Å². The minimum absolute atomic E-state index is 0.0491. The zero-order valence-corrected chi connectivity index (χ0v) is 10.9. The van der Waals surface area contributed by atoms with Crippen molar-refractivity contribution in [3.05, 3.63) is 69.3 Å². The minimum Gasteiger partial charge on any atom is -0.319 e. The van der Waals surface area contributed by atoms with Crippen LogP contribution in [0.25, 0.3) is 0 Å². The highest BCUT2D eigenvalue weighted by Gasteiger charge is 2.18. The zero-order valence-electron chi connectivity index (χ0n) is 10.9. The first-order chi connectivity index (χ1) is 9.88. The van der Waals surface area contributed by atoms with Crippen molar-refractivity contribution in [2.75, 3.05) is 5.32 Å². The van der Waals surface area contributed by atoms with Crippen LogP contribution in [0.4, 0.5) is 20.2 Å². The molecular formula is C14H10F2N2O3. The summed E-state index contributed by atoms with van der Waals surface area (Å²) in [7, 11) is 0. The van der Waals surface area contributed by atoms with Crippen molar-refractivity contribution in [3.63, 3.8) is 0 Å². The lowest BCUT2D eigenvalue weighted by molar-refractivity contribution is -0.387. The Morgan fingerprint density at radius 1 is 1.14 bits per heavy atom. The number of amides is 1. The molecule has 0 unspecified atom stereocenters. The molecule has 1 N–H and O–H groups in total. The molecule has 0 aliphatic rings. The summed E-state index contributed by atoms with van der Waals surface area (Å²) in [6.07, 6.45) is 0. The Morgan fingerprint density at radius 3 is 2.48 bits per heavy atom. The highest BCUT2D eigenvalue weighted by molar-refractivity contribution is 6.04. The quantitative estimate of drug-likeness (QED) is 0.695. The normalized spacial score (nSPS) is 10.2. The molecule has 0 aromatic heterocycles. The van der Waals surface area contributed by atoms with E-state index < -0.39 is 28.2 Å². The van der Waals surface area contributed by atoms with Crippen molar-refractivity contribution in [2.24, 2.45) is 0 Å². The number of hydrogen-bond donors (Lipinski definition) is 1. The van der Waals surface area contributed by atoms with Gasteiger partial charge in [-0.05, 0) is 36.8 Å². The van der Waals surface area contributed by atoms with Crippen molar-refractivity contribution in [3.8, 4) is 0 Å². The van der Waals surface area contributed by atoms with E-state index in [0.29, 0.717) is 0 Å². The molecule has 7 heteroatoms. The molecule has 0 radical (unpaired) electrons. The zero-order chi connectivity index (χ0) is 15.6. The number of benzene rings is 2. The summed E-state index contributed by atoms with van der Waals surface area (Å²) >= 11 is 0. The molecule has 1 amide bonds. The standard InChI is InChI=1S/C14H10F2N2O3/c1-8-2-4-10(15)12(6-8)17-14(19)9-3-5-11(16)13(7-9)18(20)21/h2-7H,1H3,(H,17,19). The summed E-state index contributed by atoms with van der Waals surface area (Å²) < 4.78 is 26.7. The number of aryl methyl sites for hydroxylation is 1. The van der Waals surface area contributed by atoms with E-state index in [9.17, 15) is 23.7 Å². The number of carbonyl (C=O) groups is 1. The Kier molecular flexibility index (Phi) is 3.93. The minimum atomic E-state index is -1.04. The molecule has 0 aliphatic heterocycles. The molecule has 0 aliphatic carbocycles. The van der Waals surface area contributed by atoms with Crippen LogP contribution in [-0.4, -0.2) is 10.8 Å². The fourth-order valence-corrected chi connectivity index (χ4v) is 1.72. The molecule has 2 rings (SSSR count). The summed E-state index contributed by atoms with van der Waals surface area (Å²) in [5.74, 6) is -2.44. The number of rotatable bonds is 3. The Labute approximate surface area is 118 Å². The topological polar surface area (TPSA) is 72.2 Å². The lowest BCUT2D eigenvalue weighted by Crippen LogP contribution is -2.13. The molecule has 5 nitrogen and oxygen atoms in total. The van der Waals surface area contributed by atoms with Gasteiger partial charge in [-0.3, -0.25) is 14.9 Å². The molecule has 0 spiro atoms. The van der Waals surface area contributed by atoms with Gasteiger partial charge in [0, 0.05) is 11.6 Å². The third kappa shape index (κ3) is 3.19. The first-order valence-corrected chi connectivity index (χ1v) is 5.90. The smallest absolute Gasteiger partial charge is 0.305 e. The predicted molar refractivity (Wildman–Crippen MR) is 72.1 cm³/mol. The SMILES string of the molecule is Cc1ccc(F)c(NC(=O)c2ccc(F)c([N+](=O)[O-])c2)c1. The van der Waals surface area contributed by atoms with Gasteiger partial charge < -0.3 is 5.32 Å². The second kappa shape index (κ2) is 5.66. The molecule has 0 saturated heterocycles. The van der Waals surface area contributed by atoms with Crippen LogP contribution >= 0.6 is 0 Å². The summed E-state index contributed by atoms with van der Waals surface area (Å²) in [5, 5.41) is 12.9. The van der Waals surface area contributed by atoms with E-state index in [0.717, 1.165) is 23.8 Å². The van der Waals surface area contributed by atoms with Crippen LogP contribution in [-0.2, 0) is 0 Å². The largest absolute Gasteiger partial charge is 0.319 e. The lowest BCUT2D eigenvalue weighted by atomic mass is 10.1. The number of nitro benzene ring substituents is 1. The van der Waals surface area contributed by atoms with E-state index in [2.05, 4.69) is 5.32 Å². The first kappa shape index (κ1) is 14.6. The van der Waals surface area contributed by atoms with Crippen molar-refractivity contribution in [1.29, 1.82) is 0 Å².